The number of hydrogen-bond donors (Lipinski definition) is 3. The second-order valence-electron chi connectivity index (χ2n) is 7.43. The lowest BCUT2D eigenvalue weighted by atomic mass is 10.1. The Bertz CT molecular complexity index is 1300. The maximum atomic E-state index is 13.9. The lowest BCUT2D eigenvalue weighted by Gasteiger charge is -2.16. The predicted octanol–water partition coefficient (Wildman–Crippen LogP) is 4.83. The van der Waals surface area contributed by atoms with E-state index in [2.05, 4.69) is 25.8 Å². The van der Waals surface area contributed by atoms with Crippen LogP contribution < -0.4 is 10.6 Å². The molecule has 0 fully saturated rings. The monoisotopic (exact) mass is 475 g/mol. The van der Waals surface area contributed by atoms with Crippen molar-refractivity contribution in [2.45, 2.75) is 18.1 Å². The summed E-state index contributed by atoms with van der Waals surface area (Å²) >= 11 is 1.10. The van der Waals surface area contributed by atoms with E-state index >= 15 is 0 Å². The lowest BCUT2D eigenvalue weighted by molar-refractivity contribution is -0.113. The molecular formula is C25H22FN5O2S. The van der Waals surface area contributed by atoms with Crippen molar-refractivity contribution in [3.8, 4) is 11.4 Å². The highest BCUT2D eigenvalue weighted by Gasteiger charge is 2.17. The number of nitrogens with one attached hydrogen (secondary N) is 3. The fraction of sp³-hybridized carbons (Fsp3) is 0.120. The van der Waals surface area contributed by atoms with Crippen molar-refractivity contribution in [2.75, 3.05) is 11.1 Å². The third-order valence-corrected chi connectivity index (χ3v) is 5.87. The van der Waals surface area contributed by atoms with Gasteiger partial charge < -0.3 is 10.6 Å². The molecule has 4 rings (SSSR count). The fourth-order valence-electron chi connectivity index (χ4n) is 3.29. The van der Waals surface area contributed by atoms with Crippen molar-refractivity contribution >= 4 is 29.3 Å². The SMILES string of the molecule is CC(NC(=O)c1ccccc1NC(=O)CSc1n[nH]c(-c2ccccc2F)n1)c1ccccc1. The summed E-state index contributed by atoms with van der Waals surface area (Å²) in [6.07, 6.45) is 0. The summed E-state index contributed by atoms with van der Waals surface area (Å²) < 4.78 is 13.9. The molecule has 1 unspecified atom stereocenters. The Morgan fingerprint density at radius 1 is 1.00 bits per heavy atom. The highest BCUT2D eigenvalue weighted by molar-refractivity contribution is 7.99. The minimum atomic E-state index is -0.413. The number of carbonyl (C=O) groups is 2. The number of para-hydroxylation sites is 1. The van der Waals surface area contributed by atoms with Crippen molar-refractivity contribution in [1.82, 2.24) is 20.5 Å². The molecule has 0 saturated heterocycles. The molecule has 0 aliphatic heterocycles. The number of halogens is 1. The summed E-state index contributed by atoms with van der Waals surface area (Å²) in [5.74, 6) is -0.715. The van der Waals surface area contributed by atoms with Gasteiger partial charge >= 0.3 is 0 Å². The van der Waals surface area contributed by atoms with Gasteiger partial charge in [0, 0.05) is 0 Å². The second kappa shape index (κ2) is 10.8. The van der Waals surface area contributed by atoms with Crippen LogP contribution in [-0.4, -0.2) is 32.7 Å². The summed E-state index contributed by atoms with van der Waals surface area (Å²) in [7, 11) is 0. The molecule has 1 atom stereocenters. The number of hydrogen-bond acceptors (Lipinski definition) is 5. The Kier molecular flexibility index (Phi) is 7.34. The van der Waals surface area contributed by atoms with Gasteiger partial charge in [-0.1, -0.05) is 66.4 Å². The number of rotatable bonds is 8. The predicted molar refractivity (Wildman–Crippen MR) is 130 cm³/mol. The first-order chi connectivity index (χ1) is 16.5. The summed E-state index contributed by atoms with van der Waals surface area (Å²) in [4.78, 5) is 29.6. The second-order valence-corrected chi connectivity index (χ2v) is 8.38. The summed E-state index contributed by atoms with van der Waals surface area (Å²) in [6, 6.07) is 22.5. The zero-order valence-electron chi connectivity index (χ0n) is 18.3. The summed E-state index contributed by atoms with van der Waals surface area (Å²) in [5.41, 5.74) is 2.06. The molecule has 7 nitrogen and oxygen atoms in total. The van der Waals surface area contributed by atoms with Crippen molar-refractivity contribution in [3.05, 3.63) is 95.8 Å². The van der Waals surface area contributed by atoms with Crippen molar-refractivity contribution < 1.29 is 14.0 Å². The molecule has 0 aliphatic rings. The van der Waals surface area contributed by atoms with Crippen LogP contribution in [0.2, 0.25) is 0 Å². The lowest BCUT2D eigenvalue weighted by Crippen LogP contribution is -2.28. The Morgan fingerprint density at radius 3 is 2.50 bits per heavy atom. The third-order valence-electron chi connectivity index (χ3n) is 5.02. The molecule has 172 valence electrons. The first-order valence-electron chi connectivity index (χ1n) is 10.6. The standard InChI is InChI=1S/C25H22FN5O2S/c1-16(17-9-3-2-4-10-17)27-24(33)19-12-6-8-14-21(19)28-22(32)15-34-25-29-23(30-31-25)18-11-5-7-13-20(18)26/h2-14,16H,15H2,1H3,(H,27,33)(H,28,32)(H,29,30,31). The fourth-order valence-corrected chi connectivity index (χ4v) is 3.89. The van der Waals surface area contributed by atoms with E-state index in [0.29, 0.717) is 22.0 Å². The van der Waals surface area contributed by atoms with E-state index < -0.39 is 5.82 Å². The Morgan fingerprint density at radius 2 is 1.71 bits per heavy atom. The van der Waals surface area contributed by atoms with Gasteiger partial charge in [0.2, 0.25) is 11.1 Å². The van der Waals surface area contributed by atoms with Gasteiger partial charge in [-0.15, -0.1) is 5.10 Å². The quantitative estimate of drug-likeness (QED) is 0.317. The number of thioether (sulfide) groups is 1. The van der Waals surface area contributed by atoms with Crippen LogP contribution in [0.25, 0.3) is 11.4 Å². The van der Waals surface area contributed by atoms with Gasteiger partial charge in [-0.25, -0.2) is 9.37 Å². The van der Waals surface area contributed by atoms with E-state index in [4.69, 9.17) is 0 Å². The Balaban J connectivity index is 1.37. The number of anilines is 1. The number of aromatic nitrogens is 3. The van der Waals surface area contributed by atoms with E-state index in [0.717, 1.165) is 17.3 Å². The van der Waals surface area contributed by atoms with Crippen molar-refractivity contribution in [1.29, 1.82) is 0 Å². The van der Waals surface area contributed by atoms with Crippen LogP contribution in [0.1, 0.15) is 28.9 Å². The normalized spacial score (nSPS) is 11.6. The largest absolute Gasteiger partial charge is 0.345 e. The van der Waals surface area contributed by atoms with Gasteiger partial charge in [-0.3, -0.25) is 14.7 Å². The molecule has 1 heterocycles. The first kappa shape index (κ1) is 23.2. The molecule has 0 bridgehead atoms. The molecule has 0 radical (unpaired) electrons. The Hall–Kier alpha value is -3.98. The molecule has 0 spiro atoms. The molecule has 1 aromatic heterocycles. The van der Waals surface area contributed by atoms with Crippen LogP contribution >= 0.6 is 11.8 Å². The molecule has 34 heavy (non-hydrogen) atoms. The molecule has 3 N–H and O–H groups in total. The average Bonchev–Trinajstić information content (AvgIpc) is 3.32. The van der Waals surface area contributed by atoms with Crippen LogP contribution in [0.3, 0.4) is 0 Å². The molecule has 2 amide bonds. The van der Waals surface area contributed by atoms with Crippen molar-refractivity contribution in [2.24, 2.45) is 0 Å². The Labute approximate surface area is 200 Å². The molecule has 3 aromatic carbocycles. The minimum Gasteiger partial charge on any atom is -0.345 e. The number of aromatic amines is 1. The van der Waals surface area contributed by atoms with E-state index in [1.54, 1.807) is 42.5 Å². The number of benzene rings is 3. The van der Waals surface area contributed by atoms with Crippen LogP contribution in [0.4, 0.5) is 10.1 Å². The topological polar surface area (TPSA) is 99.8 Å². The minimum absolute atomic E-state index is 0.0188. The molecule has 9 heteroatoms. The number of H-pyrrole nitrogens is 1. The molecule has 0 aliphatic carbocycles. The number of nitrogens with zero attached hydrogens (tertiary/aromatic N) is 2. The molecule has 0 saturated carbocycles. The van der Waals surface area contributed by atoms with E-state index in [1.807, 2.05) is 37.3 Å². The van der Waals surface area contributed by atoms with Crippen LogP contribution in [-0.2, 0) is 4.79 Å². The maximum Gasteiger partial charge on any atom is 0.253 e. The summed E-state index contributed by atoms with van der Waals surface area (Å²) in [6.45, 7) is 1.90. The van der Waals surface area contributed by atoms with Gasteiger partial charge in [0.15, 0.2) is 5.82 Å². The number of amides is 2. The number of carbonyl (C=O) groups excluding carboxylic acids is 2. The van der Waals surface area contributed by atoms with Crippen molar-refractivity contribution in [3.63, 3.8) is 0 Å². The van der Waals surface area contributed by atoms with E-state index in [-0.39, 0.29) is 29.4 Å². The van der Waals surface area contributed by atoms with Gasteiger partial charge in [0.05, 0.1) is 28.6 Å². The zero-order chi connectivity index (χ0) is 23.9. The van der Waals surface area contributed by atoms with Gasteiger partial charge in [0.1, 0.15) is 5.82 Å². The highest BCUT2D eigenvalue weighted by Crippen LogP contribution is 2.22. The first-order valence-corrected chi connectivity index (χ1v) is 11.5. The smallest absolute Gasteiger partial charge is 0.253 e. The van der Waals surface area contributed by atoms with Gasteiger partial charge in [0.25, 0.3) is 5.91 Å². The van der Waals surface area contributed by atoms with Gasteiger partial charge in [-0.05, 0) is 36.8 Å². The van der Waals surface area contributed by atoms with Crippen LogP contribution in [0.5, 0.6) is 0 Å². The highest BCUT2D eigenvalue weighted by atomic mass is 32.2. The van der Waals surface area contributed by atoms with Crippen LogP contribution in [0, 0.1) is 5.82 Å². The third kappa shape index (κ3) is 5.68. The molecule has 4 aromatic rings. The maximum absolute atomic E-state index is 13.9. The van der Waals surface area contributed by atoms with Gasteiger partial charge in [-0.2, -0.15) is 0 Å². The van der Waals surface area contributed by atoms with Crippen LogP contribution in [0.15, 0.2) is 84.0 Å². The average molecular weight is 476 g/mol. The molecular weight excluding hydrogens is 453 g/mol. The van der Waals surface area contributed by atoms with E-state index in [9.17, 15) is 14.0 Å². The zero-order valence-corrected chi connectivity index (χ0v) is 19.1. The van der Waals surface area contributed by atoms with E-state index in [1.165, 1.54) is 6.07 Å². The summed E-state index contributed by atoms with van der Waals surface area (Å²) in [5, 5.41) is 12.8.